The number of halogens is 2. The van der Waals surface area contributed by atoms with Gasteiger partial charge in [-0.15, -0.1) is 0 Å². The van der Waals surface area contributed by atoms with Crippen LogP contribution < -0.4 is 9.47 Å². The summed E-state index contributed by atoms with van der Waals surface area (Å²) in [4.78, 5) is 9.03. The van der Waals surface area contributed by atoms with Crippen LogP contribution in [-0.2, 0) is 0 Å². The van der Waals surface area contributed by atoms with Crippen molar-refractivity contribution in [2.45, 2.75) is 37.8 Å². The van der Waals surface area contributed by atoms with Gasteiger partial charge in [0.2, 0.25) is 0 Å². The van der Waals surface area contributed by atoms with Crippen molar-refractivity contribution in [2.24, 2.45) is 0 Å². The number of rotatable bonds is 6. The van der Waals surface area contributed by atoms with Crippen LogP contribution in [0.1, 0.15) is 25.7 Å². The molecule has 3 rings (SSSR count). The van der Waals surface area contributed by atoms with Crippen molar-refractivity contribution in [3.63, 3.8) is 0 Å². The summed E-state index contributed by atoms with van der Waals surface area (Å²) in [6.07, 6.45) is 4.77. The monoisotopic (exact) mass is 417 g/mol. The molecule has 3 heterocycles. The van der Waals surface area contributed by atoms with Gasteiger partial charge in [-0.25, -0.2) is 0 Å². The van der Waals surface area contributed by atoms with Crippen LogP contribution in [0.15, 0.2) is 10.5 Å². The van der Waals surface area contributed by atoms with E-state index in [1.54, 1.807) is 0 Å². The van der Waals surface area contributed by atoms with Gasteiger partial charge in [0.1, 0.15) is 18.4 Å². The molecule has 2 atom stereocenters. The Kier molecular flexibility index (Phi) is 6.24. The molecule has 24 heavy (non-hydrogen) atoms. The summed E-state index contributed by atoms with van der Waals surface area (Å²) in [6.45, 7) is 3.51. The lowest BCUT2D eigenvalue weighted by molar-refractivity contribution is 0.169. The molecule has 2 aliphatic rings. The normalized spacial score (nSPS) is 25.3. The molecular formula is C17H25BrClN3O2. The Bertz CT molecular complexity index is 526. The van der Waals surface area contributed by atoms with Gasteiger partial charge >= 0.3 is 0 Å². The van der Waals surface area contributed by atoms with Gasteiger partial charge in [0.25, 0.3) is 5.88 Å². The smallest absolute Gasteiger partial charge is 0.258 e. The molecule has 2 aliphatic heterocycles. The first-order chi connectivity index (χ1) is 11.5. The Morgan fingerprint density at radius 2 is 1.71 bits per heavy atom. The van der Waals surface area contributed by atoms with E-state index in [1.807, 2.05) is 6.07 Å². The molecule has 1 aromatic rings. The van der Waals surface area contributed by atoms with Crippen molar-refractivity contribution in [3.05, 3.63) is 15.7 Å². The zero-order valence-electron chi connectivity index (χ0n) is 14.3. The van der Waals surface area contributed by atoms with Gasteiger partial charge in [0.05, 0.1) is 4.47 Å². The summed E-state index contributed by atoms with van der Waals surface area (Å²) in [6, 6.07) is 2.74. The van der Waals surface area contributed by atoms with E-state index in [0.29, 0.717) is 42.1 Å². The summed E-state index contributed by atoms with van der Waals surface area (Å²) >= 11 is 9.57. The number of likely N-dealkylation sites (tertiary alicyclic amines) is 2. The molecule has 0 aromatic carbocycles. The lowest BCUT2D eigenvalue weighted by atomic mass is 10.2. The van der Waals surface area contributed by atoms with Crippen LogP contribution in [0, 0.1) is 0 Å². The summed E-state index contributed by atoms with van der Waals surface area (Å²) in [7, 11) is 4.28. The first-order valence-corrected chi connectivity index (χ1v) is 9.74. The van der Waals surface area contributed by atoms with Crippen molar-refractivity contribution in [2.75, 3.05) is 40.4 Å². The number of likely N-dealkylation sites (N-methyl/N-ethyl adjacent to an activating group) is 2. The lowest BCUT2D eigenvalue weighted by Gasteiger charge is -2.22. The van der Waals surface area contributed by atoms with Crippen LogP contribution in [0.25, 0.3) is 0 Å². The Hall–Kier alpha value is -0.560. The maximum atomic E-state index is 6.15. The van der Waals surface area contributed by atoms with Gasteiger partial charge in [-0.05, 0) is 68.8 Å². The molecule has 0 saturated carbocycles. The molecule has 2 fully saturated rings. The first kappa shape index (κ1) is 18.2. The number of aromatic nitrogens is 1. The van der Waals surface area contributed by atoms with Crippen molar-refractivity contribution in [1.82, 2.24) is 14.8 Å². The van der Waals surface area contributed by atoms with Gasteiger partial charge in [0, 0.05) is 18.2 Å². The number of hydrogen-bond acceptors (Lipinski definition) is 5. The van der Waals surface area contributed by atoms with Crippen LogP contribution in [0.2, 0.25) is 5.15 Å². The molecule has 0 spiro atoms. The second-order valence-corrected chi connectivity index (χ2v) is 7.95. The molecule has 0 unspecified atom stereocenters. The van der Waals surface area contributed by atoms with Crippen LogP contribution in [0.3, 0.4) is 0 Å². The van der Waals surface area contributed by atoms with E-state index in [0.717, 1.165) is 24.0 Å². The van der Waals surface area contributed by atoms with Crippen LogP contribution in [0.5, 0.6) is 11.6 Å². The van der Waals surface area contributed by atoms with Gasteiger partial charge in [-0.2, -0.15) is 4.98 Å². The van der Waals surface area contributed by atoms with E-state index in [1.165, 1.54) is 19.3 Å². The Balaban J connectivity index is 1.66. The minimum absolute atomic E-state index is 0.398. The van der Waals surface area contributed by atoms with E-state index in [2.05, 4.69) is 44.8 Å². The Labute approximate surface area is 157 Å². The third-order valence-corrected chi connectivity index (χ3v) is 6.17. The van der Waals surface area contributed by atoms with Crippen LogP contribution >= 0.6 is 27.5 Å². The standard InChI is InChI=1S/C17H25BrClN3O2/c1-21-7-3-5-12(21)10-23-15-9-14(18)16(19)20-17(15)24-11-13-6-4-8-22(13)2/h9,12-13H,3-8,10-11H2,1-2H3/t12-,13-/m0/s1. The highest BCUT2D eigenvalue weighted by molar-refractivity contribution is 9.10. The highest BCUT2D eigenvalue weighted by Crippen LogP contribution is 2.34. The van der Waals surface area contributed by atoms with Crippen LogP contribution in [0.4, 0.5) is 0 Å². The number of pyridine rings is 1. The van der Waals surface area contributed by atoms with E-state index in [4.69, 9.17) is 21.1 Å². The van der Waals surface area contributed by atoms with E-state index in [9.17, 15) is 0 Å². The zero-order valence-corrected chi connectivity index (χ0v) is 16.6. The Morgan fingerprint density at radius 1 is 1.12 bits per heavy atom. The summed E-state index contributed by atoms with van der Waals surface area (Å²) in [5.41, 5.74) is 0. The molecule has 134 valence electrons. The molecule has 0 bridgehead atoms. The fraction of sp³-hybridized carbons (Fsp3) is 0.706. The highest BCUT2D eigenvalue weighted by atomic mass is 79.9. The van der Waals surface area contributed by atoms with Gasteiger partial charge in [0.15, 0.2) is 5.75 Å². The highest BCUT2D eigenvalue weighted by Gasteiger charge is 2.24. The summed E-state index contributed by atoms with van der Waals surface area (Å²) in [5, 5.41) is 0.398. The van der Waals surface area contributed by atoms with Crippen molar-refractivity contribution in [1.29, 1.82) is 0 Å². The minimum Gasteiger partial charge on any atom is -0.486 e. The predicted molar refractivity (Wildman–Crippen MR) is 99.2 cm³/mol. The molecular weight excluding hydrogens is 394 g/mol. The number of nitrogens with zero attached hydrogens (tertiary/aromatic N) is 3. The molecule has 0 amide bonds. The number of hydrogen-bond donors (Lipinski definition) is 0. The van der Waals surface area contributed by atoms with Crippen molar-refractivity contribution in [3.8, 4) is 11.6 Å². The lowest BCUT2D eigenvalue weighted by Crippen LogP contribution is -2.31. The average Bonchev–Trinajstić information content (AvgIpc) is 3.15. The fourth-order valence-electron chi connectivity index (χ4n) is 3.38. The van der Waals surface area contributed by atoms with Crippen LogP contribution in [-0.4, -0.2) is 67.3 Å². The van der Waals surface area contributed by atoms with Crippen molar-refractivity contribution >= 4 is 27.5 Å². The molecule has 0 radical (unpaired) electrons. The van der Waals surface area contributed by atoms with Crippen molar-refractivity contribution < 1.29 is 9.47 Å². The second kappa shape index (κ2) is 8.21. The first-order valence-electron chi connectivity index (χ1n) is 8.56. The van der Waals surface area contributed by atoms with E-state index < -0.39 is 0 Å². The topological polar surface area (TPSA) is 37.8 Å². The van der Waals surface area contributed by atoms with Gasteiger partial charge in [-0.1, -0.05) is 11.6 Å². The third-order valence-electron chi connectivity index (χ3n) is 5.05. The maximum Gasteiger partial charge on any atom is 0.258 e. The van der Waals surface area contributed by atoms with E-state index >= 15 is 0 Å². The third kappa shape index (κ3) is 4.34. The van der Waals surface area contributed by atoms with Gasteiger partial charge < -0.3 is 19.3 Å². The average molecular weight is 419 g/mol. The molecule has 7 heteroatoms. The molecule has 0 N–H and O–H groups in total. The largest absolute Gasteiger partial charge is 0.486 e. The Morgan fingerprint density at radius 3 is 2.25 bits per heavy atom. The summed E-state index contributed by atoms with van der Waals surface area (Å²) in [5.74, 6) is 1.15. The molecule has 5 nitrogen and oxygen atoms in total. The quantitative estimate of drug-likeness (QED) is 0.662. The minimum atomic E-state index is 0.398. The molecule has 1 aromatic heterocycles. The van der Waals surface area contributed by atoms with Gasteiger partial charge in [-0.3, -0.25) is 0 Å². The predicted octanol–water partition coefficient (Wildman–Crippen LogP) is 3.44. The second-order valence-electron chi connectivity index (χ2n) is 6.74. The maximum absolute atomic E-state index is 6.15. The zero-order chi connectivity index (χ0) is 17.1. The fourth-order valence-corrected chi connectivity index (χ4v) is 3.81. The van der Waals surface area contributed by atoms with E-state index in [-0.39, 0.29) is 0 Å². The SMILES string of the molecule is CN1CCC[C@H]1COc1cc(Br)c(Cl)nc1OC[C@@H]1CCCN1C. The number of ether oxygens (including phenoxy) is 2. The molecule has 2 saturated heterocycles. The summed E-state index contributed by atoms with van der Waals surface area (Å²) < 4.78 is 12.7. The molecule has 0 aliphatic carbocycles.